The molecule has 17 heavy (non-hydrogen) atoms. The van der Waals surface area contributed by atoms with Gasteiger partial charge in [-0.05, 0) is 13.0 Å². The fraction of sp³-hybridized carbons (Fsp3) is 0.400. The van der Waals surface area contributed by atoms with Crippen LogP contribution in [0.1, 0.15) is 6.92 Å². The van der Waals surface area contributed by atoms with E-state index in [4.69, 9.17) is 5.11 Å². The smallest absolute Gasteiger partial charge is 0.292 e. The molecule has 0 radical (unpaired) electrons. The highest BCUT2D eigenvalue weighted by atomic mass is 19.1. The van der Waals surface area contributed by atoms with Crippen LogP contribution in [-0.4, -0.2) is 33.9 Å². The zero-order valence-electron chi connectivity index (χ0n) is 9.18. The van der Waals surface area contributed by atoms with Crippen LogP contribution in [0.2, 0.25) is 0 Å². The van der Waals surface area contributed by atoms with Crippen molar-refractivity contribution in [3.8, 4) is 0 Å². The first kappa shape index (κ1) is 13.3. The van der Waals surface area contributed by atoms with Gasteiger partial charge in [-0.15, -0.1) is 0 Å². The Labute approximate surface area is 96.8 Å². The van der Waals surface area contributed by atoms with Gasteiger partial charge in [-0.3, -0.25) is 10.1 Å². The number of nitro groups is 1. The number of halogens is 1. The largest absolute Gasteiger partial charge is 0.393 e. The summed E-state index contributed by atoms with van der Waals surface area (Å²) in [6.45, 7) is 0.710. The first-order valence-electron chi connectivity index (χ1n) is 4.87. The molecule has 0 aliphatic carbocycles. The molecule has 0 saturated heterocycles. The van der Waals surface area contributed by atoms with Gasteiger partial charge in [-0.1, -0.05) is 0 Å². The zero-order valence-corrected chi connectivity index (χ0v) is 9.18. The van der Waals surface area contributed by atoms with Gasteiger partial charge in [-0.2, -0.15) is 0 Å². The van der Waals surface area contributed by atoms with Gasteiger partial charge in [-0.25, -0.2) is 4.39 Å². The van der Waals surface area contributed by atoms with Gasteiger partial charge in [0.15, 0.2) is 0 Å². The molecule has 0 saturated carbocycles. The lowest BCUT2D eigenvalue weighted by atomic mass is 10.1. The number of hydrogen-bond acceptors (Lipinski definition) is 5. The number of aliphatic hydroxyl groups excluding tert-OH is 1. The van der Waals surface area contributed by atoms with Gasteiger partial charge in [0.1, 0.15) is 17.1 Å². The number of rotatable bonds is 5. The molecule has 1 aromatic rings. The van der Waals surface area contributed by atoms with E-state index in [9.17, 15) is 19.6 Å². The maximum atomic E-state index is 12.9. The molecule has 7 heteroatoms. The Morgan fingerprint density at radius 3 is 2.76 bits per heavy atom. The fourth-order valence-corrected chi connectivity index (χ4v) is 1.15. The molecule has 0 fully saturated rings. The number of benzene rings is 1. The number of hydrogen-bond donors (Lipinski definition) is 3. The van der Waals surface area contributed by atoms with Crippen molar-refractivity contribution in [3.63, 3.8) is 0 Å². The Hall–Kier alpha value is -1.73. The minimum Gasteiger partial charge on any atom is -0.393 e. The van der Waals surface area contributed by atoms with Crippen LogP contribution in [-0.2, 0) is 0 Å². The Balaban J connectivity index is 2.89. The molecule has 0 aliphatic rings. The summed E-state index contributed by atoms with van der Waals surface area (Å²) in [5.41, 5.74) is -1.76. The van der Waals surface area contributed by atoms with Gasteiger partial charge < -0.3 is 15.5 Å². The molecular weight excluding hydrogens is 231 g/mol. The van der Waals surface area contributed by atoms with Crippen LogP contribution in [0.5, 0.6) is 0 Å². The molecule has 1 atom stereocenters. The molecule has 0 amide bonds. The molecule has 94 valence electrons. The standard InChI is InChI=1S/C10H13FN2O4/c1-10(15,6-14)5-12-8-4-7(11)2-3-9(8)13(16)17/h2-4,12,14-15H,5-6H2,1H3/t10-/m1/s1. The molecule has 3 N–H and O–H groups in total. The van der Waals surface area contributed by atoms with Crippen molar-refractivity contribution in [2.45, 2.75) is 12.5 Å². The van der Waals surface area contributed by atoms with E-state index in [0.717, 1.165) is 18.2 Å². The Kier molecular flexibility index (Phi) is 3.97. The van der Waals surface area contributed by atoms with E-state index in [1.807, 2.05) is 0 Å². The molecule has 0 aromatic heterocycles. The lowest BCUT2D eigenvalue weighted by Gasteiger charge is -2.21. The predicted molar refractivity (Wildman–Crippen MR) is 59.3 cm³/mol. The number of anilines is 1. The SMILES string of the molecule is C[C@](O)(CO)CNc1cc(F)ccc1[N+](=O)[O-]. The summed E-state index contributed by atoms with van der Waals surface area (Å²) in [7, 11) is 0. The lowest BCUT2D eigenvalue weighted by Crippen LogP contribution is -2.37. The average molecular weight is 244 g/mol. The summed E-state index contributed by atoms with van der Waals surface area (Å²) in [6, 6.07) is 2.98. The maximum Gasteiger partial charge on any atom is 0.292 e. The van der Waals surface area contributed by atoms with E-state index in [2.05, 4.69) is 5.32 Å². The molecule has 0 spiro atoms. The van der Waals surface area contributed by atoms with E-state index in [0.29, 0.717) is 0 Å². The Bertz CT molecular complexity index is 423. The van der Waals surface area contributed by atoms with E-state index in [1.165, 1.54) is 6.92 Å². The van der Waals surface area contributed by atoms with Crippen LogP contribution in [0, 0.1) is 15.9 Å². The molecular formula is C10H13FN2O4. The van der Waals surface area contributed by atoms with Crippen molar-refractivity contribution in [1.82, 2.24) is 0 Å². The molecule has 1 aromatic carbocycles. The van der Waals surface area contributed by atoms with Crippen molar-refractivity contribution in [2.24, 2.45) is 0 Å². The third-order valence-corrected chi connectivity index (χ3v) is 2.16. The second-order valence-electron chi connectivity index (χ2n) is 3.93. The predicted octanol–water partition coefficient (Wildman–Crippen LogP) is 0.889. The van der Waals surface area contributed by atoms with Crippen LogP contribution in [0.15, 0.2) is 18.2 Å². The third-order valence-electron chi connectivity index (χ3n) is 2.16. The van der Waals surface area contributed by atoms with Gasteiger partial charge >= 0.3 is 0 Å². The second kappa shape index (κ2) is 5.07. The van der Waals surface area contributed by atoms with E-state index in [-0.39, 0.29) is 17.9 Å². The van der Waals surface area contributed by atoms with Crippen molar-refractivity contribution in [1.29, 1.82) is 0 Å². The van der Waals surface area contributed by atoms with E-state index in [1.54, 1.807) is 0 Å². The first-order chi connectivity index (χ1) is 7.85. The lowest BCUT2D eigenvalue weighted by molar-refractivity contribution is -0.384. The van der Waals surface area contributed by atoms with E-state index >= 15 is 0 Å². The summed E-state index contributed by atoms with van der Waals surface area (Å²) in [4.78, 5) is 10.0. The highest BCUT2D eigenvalue weighted by Crippen LogP contribution is 2.25. The van der Waals surface area contributed by atoms with Crippen LogP contribution in [0.25, 0.3) is 0 Å². The molecule has 0 bridgehead atoms. The summed E-state index contributed by atoms with van der Waals surface area (Å²) in [5, 5.41) is 31.5. The summed E-state index contributed by atoms with van der Waals surface area (Å²) in [5.74, 6) is -0.623. The van der Waals surface area contributed by atoms with Crippen LogP contribution in [0.3, 0.4) is 0 Å². The minimum atomic E-state index is -1.43. The summed E-state index contributed by atoms with van der Waals surface area (Å²) < 4.78 is 12.9. The molecule has 0 aliphatic heterocycles. The van der Waals surface area contributed by atoms with Crippen LogP contribution in [0.4, 0.5) is 15.8 Å². The quantitative estimate of drug-likeness (QED) is 0.528. The Morgan fingerprint density at radius 1 is 1.59 bits per heavy atom. The maximum absolute atomic E-state index is 12.9. The van der Waals surface area contributed by atoms with Crippen LogP contribution >= 0.6 is 0 Å². The first-order valence-corrected chi connectivity index (χ1v) is 4.87. The number of nitrogens with one attached hydrogen (secondary N) is 1. The molecule has 6 nitrogen and oxygen atoms in total. The topological polar surface area (TPSA) is 95.6 Å². The molecule has 0 heterocycles. The average Bonchev–Trinajstić information content (AvgIpc) is 2.26. The highest BCUT2D eigenvalue weighted by Gasteiger charge is 2.21. The van der Waals surface area contributed by atoms with Crippen molar-refractivity contribution in [2.75, 3.05) is 18.5 Å². The number of nitro benzene ring substituents is 1. The zero-order chi connectivity index (χ0) is 13.1. The monoisotopic (exact) mass is 244 g/mol. The minimum absolute atomic E-state index is 0.0382. The van der Waals surface area contributed by atoms with Gasteiger partial charge in [0.25, 0.3) is 5.69 Å². The van der Waals surface area contributed by atoms with Crippen molar-refractivity contribution >= 4 is 11.4 Å². The molecule has 1 rings (SSSR count). The van der Waals surface area contributed by atoms with Crippen molar-refractivity contribution in [3.05, 3.63) is 34.1 Å². The summed E-state index contributed by atoms with van der Waals surface area (Å²) >= 11 is 0. The Morgan fingerprint density at radius 2 is 2.24 bits per heavy atom. The highest BCUT2D eigenvalue weighted by molar-refractivity contribution is 5.61. The van der Waals surface area contributed by atoms with Gasteiger partial charge in [0.2, 0.25) is 0 Å². The van der Waals surface area contributed by atoms with Crippen LogP contribution < -0.4 is 5.32 Å². The van der Waals surface area contributed by atoms with Gasteiger partial charge in [0.05, 0.1) is 11.5 Å². The van der Waals surface area contributed by atoms with E-state index < -0.39 is 22.9 Å². The fourth-order valence-electron chi connectivity index (χ4n) is 1.15. The third kappa shape index (κ3) is 3.65. The van der Waals surface area contributed by atoms with Gasteiger partial charge in [0, 0.05) is 18.7 Å². The number of aliphatic hydroxyl groups is 2. The summed E-state index contributed by atoms with van der Waals surface area (Å²) in [6.07, 6.45) is 0. The number of nitrogens with zero attached hydrogens (tertiary/aromatic N) is 1. The second-order valence-corrected chi connectivity index (χ2v) is 3.93. The normalized spacial score (nSPS) is 14.1. The molecule has 0 unspecified atom stereocenters. The van der Waals surface area contributed by atoms with Crippen molar-refractivity contribution < 1.29 is 19.5 Å².